The van der Waals surface area contributed by atoms with Crippen LogP contribution in [0.5, 0.6) is 0 Å². The van der Waals surface area contributed by atoms with Gasteiger partial charge in [-0.15, -0.1) is 0 Å². The van der Waals surface area contributed by atoms with E-state index in [9.17, 15) is 8.42 Å². The zero-order chi connectivity index (χ0) is 17.9. The first kappa shape index (κ1) is 17.9. The SMILES string of the molecule is Cc1ccc(S(=O)(=O)NCC2CCN(c3ccncc3)CC2)cc1C. The first-order valence-electron chi connectivity index (χ1n) is 8.67. The molecule has 3 rings (SSSR count). The summed E-state index contributed by atoms with van der Waals surface area (Å²) in [5.74, 6) is 0.374. The van der Waals surface area contributed by atoms with Crippen molar-refractivity contribution in [3.63, 3.8) is 0 Å². The molecule has 0 amide bonds. The maximum Gasteiger partial charge on any atom is 0.240 e. The van der Waals surface area contributed by atoms with Crippen molar-refractivity contribution in [2.45, 2.75) is 31.6 Å². The fraction of sp³-hybridized carbons (Fsp3) is 0.421. The lowest BCUT2D eigenvalue weighted by atomic mass is 9.97. The predicted octanol–water partition coefficient (Wildman–Crippen LogP) is 2.89. The first-order valence-corrected chi connectivity index (χ1v) is 10.2. The summed E-state index contributed by atoms with van der Waals surface area (Å²) >= 11 is 0. The van der Waals surface area contributed by atoms with E-state index < -0.39 is 10.0 Å². The van der Waals surface area contributed by atoms with Crippen LogP contribution >= 0.6 is 0 Å². The third-order valence-electron chi connectivity index (χ3n) is 4.99. The van der Waals surface area contributed by atoms with E-state index in [4.69, 9.17) is 0 Å². The number of hydrogen-bond donors (Lipinski definition) is 1. The lowest BCUT2D eigenvalue weighted by Crippen LogP contribution is -2.38. The van der Waals surface area contributed by atoms with Crippen LogP contribution in [0.2, 0.25) is 0 Å². The van der Waals surface area contributed by atoms with Gasteiger partial charge in [-0.25, -0.2) is 13.1 Å². The zero-order valence-electron chi connectivity index (χ0n) is 14.8. The minimum Gasteiger partial charge on any atom is -0.371 e. The quantitative estimate of drug-likeness (QED) is 0.892. The fourth-order valence-electron chi connectivity index (χ4n) is 3.14. The number of nitrogens with one attached hydrogen (secondary N) is 1. The lowest BCUT2D eigenvalue weighted by Gasteiger charge is -2.33. The van der Waals surface area contributed by atoms with Gasteiger partial charge in [0.1, 0.15) is 0 Å². The van der Waals surface area contributed by atoms with Gasteiger partial charge >= 0.3 is 0 Å². The monoisotopic (exact) mass is 359 g/mol. The molecule has 0 radical (unpaired) electrons. The topological polar surface area (TPSA) is 62.3 Å². The molecule has 5 nitrogen and oxygen atoms in total. The average Bonchev–Trinajstić information content (AvgIpc) is 2.63. The van der Waals surface area contributed by atoms with Gasteiger partial charge in [-0.2, -0.15) is 0 Å². The molecule has 1 saturated heterocycles. The normalized spacial score (nSPS) is 16.2. The van der Waals surface area contributed by atoms with Crippen molar-refractivity contribution < 1.29 is 8.42 Å². The molecule has 2 aromatic rings. The van der Waals surface area contributed by atoms with Gasteiger partial charge in [-0.3, -0.25) is 4.98 Å². The van der Waals surface area contributed by atoms with Crippen molar-refractivity contribution in [1.29, 1.82) is 0 Å². The summed E-state index contributed by atoms with van der Waals surface area (Å²) in [6.45, 7) is 6.30. The van der Waals surface area contributed by atoms with E-state index in [1.54, 1.807) is 24.5 Å². The van der Waals surface area contributed by atoms with Crippen LogP contribution in [-0.4, -0.2) is 33.0 Å². The van der Waals surface area contributed by atoms with Crippen LogP contribution in [0.4, 0.5) is 5.69 Å². The molecule has 1 fully saturated rings. The van der Waals surface area contributed by atoms with Crippen molar-refractivity contribution in [2.24, 2.45) is 5.92 Å². The van der Waals surface area contributed by atoms with Gasteiger partial charge in [0.2, 0.25) is 10.0 Å². The molecule has 1 aliphatic heterocycles. The molecule has 0 unspecified atom stereocenters. The van der Waals surface area contributed by atoms with Crippen LogP contribution in [0, 0.1) is 19.8 Å². The molecule has 0 aliphatic carbocycles. The van der Waals surface area contributed by atoms with E-state index >= 15 is 0 Å². The Labute approximate surface area is 150 Å². The first-order chi connectivity index (χ1) is 12.0. The molecule has 6 heteroatoms. The van der Waals surface area contributed by atoms with Crippen LogP contribution in [0.15, 0.2) is 47.6 Å². The number of pyridine rings is 1. The smallest absolute Gasteiger partial charge is 0.240 e. The molecule has 0 atom stereocenters. The molecule has 0 spiro atoms. The standard InChI is InChI=1S/C19H25N3O2S/c1-15-3-4-19(13-16(15)2)25(23,24)21-14-17-7-11-22(12-8-17)18-5-9-20-10-6-18/h3-6,9-10,13,17,21H,7-8,11-12,14H2,1-2H3. The third-order valence-corrected chi connectivity index (χ3v) is 6.41. The molecule has 134 valence electrons. The Morgan fingerprint density at radius 3 is 2.40 bits per heavy atom. The molecule has 1 aliphatic rings. The number of piperidine rings is 1. The molecule has 0 bridgehead atoms. The van der Waals surface area contributed by atoms with Crippen LogP contribution in [0.1, 0.15) is 24.0 Å². The summed E-state index contributed by atoms with van der Waals surface area (Å²) in [5, 5.41) is 0. The van der Waals surface area contributed by atoms with E-state index in [1.807, 2.05) is 32.0 Å². The molecule has 0 saturated carbocycles. The van der Waals surface area contributed by atoms with Crippen LogP contribution in [0.3, 0.4) is 0 Å². The Kier molecular flexibility index (Phi) is 5.39. The Bertz CT molecular complexity index is 814. The van der Waals surface area contributed by atoms with Gasteiger partial charge in [0, 0.05) is 37.7 Å². The maximum absolute atomic E-state index is 12.5. The summed E-state index contributed by atoms with van der Waals surface area (Å²) < 4.78 is 27.8. The van der Waals surface area contributed by atoms with Crippen molar-refractivity contribution >= 4 is 15.7 Å². The Morgan fingerprint density at radius 1 is 1.08 bits per heavy atom. The van der Waals surface area contributed by atoms with Crippen molar-refractivity contribution in [3.05, 3.63) is 53.9 Å². The summed E-state index contributed by atoms with van der Waals surface area (Å²) in [6, 6.07) is 9.31. The Morgan fingerprint density at radius 2 is 1.76 bits per heavy atom. The molecule has 1 N–H and O–H groups in total. The van der Waals surface area contributed by atoms with Gasteiger partial charge in [-0.05, 0) is 68.0 Å². The molecule has 25 heavy (non-hydrogen) atoms. The van der Waals surface area contributed by atoms with Crippen LogP contribution in [0.25, 0.3) is 0 Å². The predicted molar refractivity (Wildman–Crippen MR) is 100 cm³/mol. The van der Waals surface area contributed by atoms with Gasteiger partial charge in [0.05, 0.1) is 4.90 Å². The molecule has 2 heterocycles. The summed E-state index contributed by atoms with van der Waals surface area (Å²) in [4.78, 5) is 6.73. The highest BCUT2D eigenvalue weighted by Crippen LogP contribution is 2.23. The Balaban J connectivity index is 1.55. The third kappa shape index (κ3) is 4.38. The number of benzene rings is 1. The second-order valence-corrected chi connectivity index (χ2v) is 8.50. The van der Waals surface area contributed by atoms with Crippen LogP contribution < -0.4 is 9.62 Å². The second kappa shape index (κ2) is 7.54. The Hall–Kier alpha value is -1.92. The number of nitrogens with zero attached hydrogens (tertiary/aromatic N) is 2. The number of anilines is 1. The number of sulfonamides is 1. The second-order valence-electron chi connectivity index (χ2n) is 6.73. The zero-order valence-corrected chi connectivity index (χ0v) is 15.6. The van der Waals surface area contributed by atoms with Crippen molar-refractivity contribution in [2.75, 3.05) is 24.5 Å². The highest BCUT2D eigenvalue weighted by atomic mass is 32.2. The van der Waals surface area contributed by atoms with E-state index in [2.05, 4.69) is 14.6 Å². The van der Waals surface area contributed by atoms with Gasteiger partial charge in [-0.1, -0.05) is 6.07 Å². The molecule has 1 aromatic heterocycles. The highest BCUT2D eigenvalue weighted by Gasteiger charge is 2.22. The summed E-state index contributed by atoms with van der Waals surface area (Å²) in [5.41, 5.74) is 3.28. The average molecular weight is 359 g/mol. The summed E-state index contributed by atoms with van der Waals surface area (Å²) in [7, 11) is -3.44. The van der Waals surface area contributed by atoms with Gasteiger partial charge in [0.25, 0.3) is 0 Å². The van der Waals surface area contributed by atoms with E-state index in [0.29, 0.717) is 17.4 Å². The van der Waals surface area contributed by atoms with Crippen molar-refractivity contribution in [3.8, 4) is 0 Å². The van der Waals surface area contributed by atoms with E-state index in [-0.39, 0.29) is 0 Å². The van der Waals surface area contributed by atoms with E-state index in [0.717, 1.165) is 37.1 Å². The lowest BCUT2D eigenvalue weighted by molar-refractivity contribution is 0.402. The molecular weight excluding hydrogens is 334 g/mol. The van der Waals surface area contributed by atoms with Gasteiger partial charge < -0.3 is 4.90 Å². The summed E-state index contributed by atoms with van der Waals surface area (Å²) in [6.07, 6.45) is 5.58. The minimum atomic E-state index is -3.44. The number of aryl methyl sites for hydroxylation is 2. The van der Waals surface area contributed by atoms with E-state index in [1.165, 1.54) is 5.69 Å². The number of rotatable bonds is 5. The van der Waals surface area contributed by atoms with Gasteiger partial charge in [0.15, 0.2) is 0 Å². The van der Waals surface area contributed by atoms with Crippen molar-refractivity contribution in [1.82, 2.24) is 9.71 Å². The highest BCUT2D eigenvalue weighted by molar-refractivity contribution is 7.89. The maximum atomic E-state index is 12.5. The van der Waals surface area contributed by atoms with Crippen LogP contribution in [-0.2, 0) is 10.0 Å². The molecule has 1 aromatic carbocycles. The number of hydrogen-bond acceptors (Lipinski definition) is 4. The number of aromatic nitrogens is 1. The fourth-order valence-corrected chi connectivity index (χ4v) is 4.34. The molecular formula is C19H25N3O2S. The minimum absolute atomic E-state index is 0.352. The largest absolute Gasteiger partial charge is 0.371 e.